The maximum atomic E-state index is 12.4. The molecule has 2 aromatic heterocycles. The van der Waals surface area contributed by atoms with Crippen LogP contribution in [0.25, 0.3) is 11.4 Å². The van der Waals surface area contributed by atoms with Crippen molar-refractivity contribution in [2.24, 2.45) is 0 Å². The molecule has 0 atom stereocenters. The van der Waals surface area contributed by atoms with Crippen LogP contribution in [0.15, 0.2) is 47.5 Å². The molecule has 0 bridgehead atoms. The minimum absolute atomic E-state index is 0.0632. The fraction of sp³-hybridized carbons (Fsp3) is 0.286. The molecule has 3 rings (SSSR count). The molecule has 0 spiro atoms. The van der Waals surface area contributed by atoms with Gasteiger partial charge in [0.15, 0.2) is 11.0 Å². The summed E-state index contributed by atoms with van der Waals surface area (Å²) in [5.41, 5.74) is 4.23. The van der Waals surface area contributed by atoms with Crippen LogP contribution in [0.4, 0.5) is 5.69 Å². The van der Waals surface area contributed by atoms with Gasteiger partial charge in [0.1, 0.15) is 0 Å². The Balaban J connectivity index is 1.70. The Morgan fingerprint density at radius 2 is 2.11 bits per heavy atom. The minimum Gasteiger partial charge on any atom is -0.325 e. The van der Waals surface area contributed by atoms with Crippen molar-refractivity contribution in [3.05, 3.63) is 58.3 Å². The third-order valence-corrected chi connectivity index (χ3v) is 6.46. The molecule has 0 saturated carbocycles. The molecule has 1 amide bonds. The summed E-state index contributed by atoms with van der Waals surface area (Å²) in [4.78, 5) is 13.7. The van der Waals surface area contributed by atoms with Crippen LogP contribution in [-0.2, 0) is 17.8 Å². The van der Waals surface area contributed by atoms with Crippen molar-refractivity contribution in [2.45, 2.75) is 38.9 Å². The van der Waals surface area contributed by atoms with Gasteiger partial charge in [-0.3, -0.25) is 9.36 Å². The average Bonchev–Trinajstić information content (AvgIpc) is 3.30. The Morgan fingerprint density at radius 3 is 2.79 bits per heavy atom. The van der Waals surface area contributed by atoms with E-state index >= 15 is 0 Å². The molecule has 1 N–H and O–H groups in total. The second-order valence-electron chi connectivity index (χ2n) is 6.50. The van der Waals surface area contributed by atoms with E-state index in [0.29, 0.717) is 6.54 Å². The number of benzene rings is 1. The molecular weight excluding hydrogens is 388 g/mol. The third kappa shape index (κ3) is 4.72. The van der Waals surface area contributed by atoms with Gasteiger partial charge in [0.2, 0.25) is 5.91 Å². The van der Waals surface area contributed by atoms with Crippen LogP contribution in [0.2, 0.25) is 0 Å². The molecule has 0 saturated heterocycles. The number of rotatable bonds is 8. The van der Waals surface area contributed by atoms with Crippen LogP contribution in [-0.4, -0.2) is 26.4 Å². The van der Waals surface area contributed by atoms with Gasteiger partial charge in [0.25, 0.3) is 0 Å². The molecule has 0 aliphatic carbocycles. The summed E-state index contributed by atoms with van der Waals surface area (Å²) < 4.78 is 2.00. The van der Waals surface area contributed by atoms with Crippen molar-refractivity contribution in [1.29, 1.82) is 0 Å². The van der Waals surface area contributed by atoms with Crippen LogP contribution < -0.4 is 5.32 Å². The number of nitrogens with zero attached hydrogens (tertiary/aromatic N) is 3. The van der Waals surface area contributed by atoms with Gasteiger partial charge in [0, 0.05) is 28.1 Å². The molecule has 28 heavy (non-hydrogen) atoms. The van der Waals surface area contributed by atoms with Crippen LogP contribution in [0.3, 0.4) is 0 Å². The van der Waals surface area contributed by atoms with E-state index in [1.54, 1.807) is 11.3 Å². The standard InChI is InChI=1S/C21H24N4OS2/c1-5-9-25-20(16-11-18(6-2)27-12-16)23-24-21(25)28-13-19(26)22-17-8-7-14(3)15(4)10-17/h5,7-8,10-12H,1,6,9,13H2,2-4H3,(H,22,26). The number of hydrogen-bond donors (Lipinski definition) is 1. The Bertz CT molecular complexity index is 990. The summed E-state index contributed by atoms with van der Waals surface area (Å²) in [5, 5.41) is 14.4. The highest BCUT2D eigenvalue weighted by Crippen LogP contribution is 2.28. The lowest BCUT2D eigenvalue weighted by Crippen LogP contribution is -2.14. The number of aromatic nitrogens is 3. The first kappa shape index (κ1) is 20.4. The van der Waals surface area contributed by atoms with Crippen molar-refractivity contribution < 1.29 is 4.79 Å². The van der Waals surface area contributed by atoms with Crippen LogP contribution in [0.5, 0.6) is 0 Å². The molecule has 0 radical (unpaired) electrons. The summed E-state index contributed by atoms with van der Waals surface area (Å²) in [7, 11) is 0. The Labute approximate surface area is 173 Å². The highest BCUT2D eigenvalue weighted by molar-refractivity contribution is 7.99. The maximum absolute atomic E-state index is 12.4. The zero-order valence-corrected chi connectivity index (χ0v) is 18.0. The number of carbonyl (C=O) groups excluding carboxylic acids is 1. The molecule has 0 unspecified atom stereocenters. The monoisotopic (exact) mass is 412 g/mol. The first-order valence-corrected chi connectivity index (χ1v) is 11.0. The normalized spacial score (nSPS) is 10.8. The number of thiophene rings is 1. The van der Waals surface area contributed by atoms with E-state index in [1.807, 2.05) is 35.8 Å². The Hall–Kier alpha value is -2.38. The van der Waals surface area contributed by atoms with E-state index in [4.69, 9.17) is 0 Å². The molecule has 7 heteroatoms. The lowest BCUT2D eigenvalue weighted by atomic mass is 10.1. The molecule has 3 aromatic rings. The van der Waals surface area contributed by atoms with Crippen molar-refractivity contribution in [3.8, 4) is 11.4 Å². The first-order valence-electron chi connectivity index (χ1n) is 9.13. The predicted octanol–water partition coefficient (Wildman–Crippen LogP) is 5.10. The quantitative estimate of drug-likeness (QED) is 0.413. The number of nitrogens with one attached hydrogen (secondary N) is 1. The van der Waals surface area contributed by atoms with Crippen molar-refractivity contribution in [2.75, 3.05) is 11.1 Å². The number of aryl methyl sites for hydroxylation is 3. The van der Waals surface area contributed by atoms with Gasteiger partial charge in [0.05, 0.1) is 5.75 Å². The number of hydrogen-bond acceptors (Lipinski definition) is 5. The van der Waals surface area contributed by atoms with Crippen molar-refractivity contribution in [1.82, 2.24) is 14.8 Å². The van der Waals surface area contributed by atoms with Gasteiger partial charge in [-0.15, -0.1) is 28.1 Å². The third-order valence-electron chi connectivity index (χ3n) is 4.41. The molecule has 146 valence electrons. The molecule has 0 fully saturated rings. The molecule has 2 heterocycles. The number of allylic oxidation sites excluding steroid dienone is 1. The topological polar surface area (TPSA) is 59.8 Å². The van der Waals surface area contributed by atoms with Gasteiger partial charge in [-0.1, -0.05) is 30.8 Å². The molecule has 1 aromatic carbocycles. The summed E-state index contributed by atoms with van der Waals surface area (Å²) in [6, 6.07) is 8.06. The van der Waals surface area contributed by atoms with Gasteiger partial charge in [-0.25, -0.2) is 0 Å². The second-order valence-corrected chi connectivity index (χ2v) is 8.43. The summed E-state index contributed by atoms with van der Waals surface area (Å²) >= 11 is 3.11. The van der Waals surface area contributed by atoms with Gasteiger partial charge < -0.3 is 5.32 Å². The summed E-state index contributed by atoms with van der Waals surface area (Å²) in [6.45, 7) is 10.7. The largest absolute Gasteiger partial charge is 0.325 e. The molecule has 0 aliphatic rings. The van der Waals surface area contributed by atoms with Crippen LogP contribution in [0.1, 0.15) is 22.9 Å². The number of thioether (sulfide) groups is 1. The van der Waals surface area contributed by atoms with E-state index < -0.39 is 0 Å². The van der Waals surface area contributed by atoms with E-state index in [-0.39, 0.29) is 11.7 Å². The van der Waals surface area contributed by atoms with Crippen LogP contribution >= 0.6 is 23.1 Å². The number of carbonyl (C=O) groups is 1. The number of anilines is 1. The lowest BCUT2D eigenvalue weighted by molar-refractivity contribution is -0.113. The second kappa shape index (κ2) is 9.21. The van der Waals surface area contributed by atoms with Crippen molar-refractivity contribution in [3.63, 3.8) is 0 Å². The van der Waals surface area contributed by atoms with E-state index in [2.05, 4.69) is 47.4 Å². The Morgan fingerprint density at radius 1 is 1.29 bits per heavy atom. The van der Waals surface area contributed by atoms with Gasteiger partial charge in [-0.05, 0) is 49.6 Å². The maximum Gasteiger partial charge on any atom is 0.234 e. The predicted molar refractivity (Wildman–Crippen MR) is 118 cm³/mol. The highest BCUT2D eigenvalue weighted by atomic mass is 32.2. The zero-order chi connectivity index (χ0) is 20.1. The molecule has 0 aliphatic heterocycles. The van der Waals surface area contributed by atoms with Gasteiger partial charge in [-0.2, -0.15) is 0 Å². The van der Waals surface area contributed by atoms with E-state index in [9.17, 15) is 4.79 Å². The molecule has 5 nitrogen and oxygen atoms in total. The van der Waals surface area contributed by atoms with Crippen LogP contribution in [0, 0.1) is 13.8 Å². The lowest BCUT2D eigenvalue weighted by Gasteiger charge is -2.08. The smallest absolute Gasteiger partial charge is 0.234 e. The zero-order valence-electron chi connectivity index (χ0n) is 16.4. The van der Waals surface area contributed by atoms with E-state index in [1.165, 1.54) is 22.2 Å². The molecular formula is C21H24N4OS2. The van der Waals surface area contributed by atoms with Gasteiger partial charge >= 0.3 is 0 Å². The van der Waals surface area contributed by atoms with Crippen molar-refractivity contribution >= 4 is 34.7 Å². The highest BCUT2D eigenvalue weighted by Gasteiger charge is 2.16. The van der Waals surface area contributed by atoms with E-state index in [0.717, 1.165) is 34.2 Å². The first-order chi connectivity index (χ1) is 13.5. The fourth-order valence-electron chi connectivity index (χ4n) is 2.73. The SMILES string of the molecule is C=CCn1c(SCC(=O)Nc2ccc(C)c(C)c2)nnc1-c1csc(CC)c1. The average molecular weight is 413 g/mol. The summed E-state index contributed by atoms with van der Waals surface area (Å²) in [6.07, 6.45) is 2.82. The number of amides is 1. The Kier molecular flexibility index (Phi) is 6.70. The minimum atomic E-state index is -0.0632. The summed E-state index contributed by atoms with van der Waals surface area (Å²) in [5.74, 6) is 1.02. The fourth-order valence-corrected chi connectivity index (χ4v) is 4.29.